The average molecular weight is 325 g/mol. The smallest absolute Gasteiger partial charge is 0.270 e. The van der Waals surface area contributed by atoms with Crippen LogP contribution in [0.1, 0.15) is 18.7 Å². The van der Waals surface area contributed by atoms with Crippen molar-refractivity contribution in [1.29, 1.82) is 0 Å². The van der Waals surface area contributed by atoms with Crippen molar-refractivity contribution in [3.63, 3.8) is 0 Å². The Morgan fingerprint density at radius 2 is 2.08 bits per heavy atom. The van der Waals surface area contributed by atoms with Crippen LogP contribution in [0.15, 0.2) is 47.7 Å². The Bertz CT molecular complexity index is 969. The molecular weight excluding hydrogens is 310 g/mol. The molecule has 0 saturated heterocycles. The van der Waals surface area contributed by atoms with E-state index >= 15 is 0 Å². The first-order valence-corrected chi connectivity index (χ1v) is 7.28. The van der Waals surface area contributed by atoms with Crippen LogP contribution in [0.3, 0.4) is 0 Å². The van der Waals surface area contributed by atoms with Crippen molar-refractivity contribution in [2.24, 2.45) is 7.05 Å². The van der Waals surface area contributed by atoms with Crippen LogP contribution in [-0.2, 0) is 7.05 Å². The normalized spacial score (nSPS) is 12.1. The van der Waals surface area contributed by atoms with Gasteiger partial charge in [0.2, 0.25) is 0 Å². The van der Waals surface area contributed by atoms with Crippen molar-refractivity contribution in [2.75, 3.05) is 5.32 Å². The van der Waals surface area contributed by atoms with Gasteiger partial charge in [0.15, 0.2) is 0 Å². The molecule has 0 aliphatic heterocycles. The zero-order valence-corrected chi connectivity index (χ0v) is 13.1. The van der Waals surface area contributed by atoms with Crippen LogP contribution >= 0.6 is 0 Å². The molecule has 0 fully saturated rings. The van der Waals surface area contributed by atoms with Gasteiger partial charge in [0.25, 0.3) is 11.2 Å². The van der Waals surface area contributed by atoms with Gasteiger partial charge in [-0.05, 0) is 13.0 Å². The summed E-state index contributed by atoms with van der Waals surface area (Å²) in [5.74, 6) is 0. The number of benzene rings is 1. The van der Waals surface area contributed by atoms with E-state index in [0.29, 0.717) is 22.3 Å². The Kier molecular flexibility index (Phi) is 3.95. The molecule has 0 radical (unpaired) electrons. The lowest BCUT2D eigenvalue weighted by Crippen LogP contribution is -2.18. The standard InChI is InChI=1S/C16H15N5O3/c1-10(14-9-17-5-6-18-14)19-13-8-16(22)20(2)15-4-3-11(21(23)24)7-12(13)15/h3-10,19H,1-2H3. The highest BCUT2D eigenvalue weighted by Crippen LogP contribution is 2.28. The van der Waals surface area contributed by atoms with Gasteiger partial charge in [-0.2, -0.15) is 0 Å². The molecule has 3 rings (SSSR count). The Morgan fingerprint density at radius 3 is 2.75 bits per heavy atom. The molecule has 0 spiro atoms. The molecular formula is C16H15N5O3. The van der Waals surface area contributed by atoms with Gasteiger partial charge < -0.3 is 9.88 Å². The first kappa shape index (κ1) is 15.6. The minimum atomic E-state index is -0.458. The summed E-state index contributed by atoms with van der Waals surface area (Å²) in [6.07, 6.45) is 4.79. The zero-order chi connectivity index (χ0) is 17.3. The van der Waals surface area contributed by atoms with Gasteiger partial charge in [-0.3, -0.25) is 24.9 Å². The summed E-state index contributed by atoms with van der Waals surface area (Å²) in [6, 6.07) is 5.64. The maximum atomic E-state index is 12.2. The van der Waals surface area contributed by atoms with Crippen molar-refractivity contribution in [2.45, 2.75) is 13.0 Å². The number of pyridine rings is 1. The van der Waals surface area contributed by atoms with Gasteiger partial charge in [0.05, 0.1) is 28.4 Å². The number of non-ortho nitro benzene ring substituents is 1. The molecule has 122 valence electrons. The topological polar surface area (TPSA) is 103 Å². The Morgan fingerprint density at radius 1 is 1.29 bits per heavy atom. The number of nitrogens with zero attached hydrogens (tertiary/aromatic N) is 4. The van der Waals surface area contributed by atoms with Crippen LogP contribution < -0.4 is 10.9 Å². The summed E-state index contributed by atoms with van der Waals surface area (Å²) < 4.78 is 1.46. The molecule has 0 saturated carbocycles. The molecule has 0 amide bonds. The van der Waals surface area contributed by atoms with Crippen LogP contribution in [-0.4, -0.2) is 19.5 Å². The van der Waals surface area contributed by atoms with Gasteiger partial charge in [-0.15, -0.1) is 0 Å². The number of fused-ring (bicyclic) bond motifs is 1. The summed E-state index contributed by atoms with van der Waals surface area (Å²) in [5.41, 5.74) is 1.61. The molecule has 24 heavy (non-hydrogen) atoms. The third kappa shape index (κ3) is 2.81. The number of anilines is 1. The highest BCUT2D eigenvalue weighted by atomic mass is 16.6. The Balaban J connectivity index is 2.12. The molecule has 8 nitrogen and oxygen atoms in total. The maximum Gasteiger partial charge on any atom is 0.270 e. The van der Waals surface area contributed by atoms with E-state index in [-0.39, 0.29) is 17.3 Å². The van der Waals surface area contributed by atoms with Crippen molar-refractivity contribution >= 4 is 22.3 Å². The van der Waals surface area contributed by atoms with Crippen LogP contribution in [0.25, 0.3) is 10.9 Å². The molecule has 1 aromatic carbocycles. The average Bonchev–Trinajstić information content (AvgIpc) is 2.59. The number of aryl methyl sites for hydroxylation is 1. The fourth-order valence-electron chi connectivity index (χ4n) is 2.52. The SMILES string of the molecule is CC(Nc1cc(=O)n(C)c2ccc([N+](=O)[O-])cc12)c1cnccn1. The highest BCUT2D eigenvalue weighted by Gasteiger charge is 2.15. The zero-order valence-electron chi connectivity index (χ0n) is 13.1. The summed E-state index contributed by atoms with van der Waals surface area (Å²) in [7, 11) is 1.63. The first-order chi connectivity index (χ1) is 11.5. The number of rotatable bonds is 4. The molecule has 0 bridgehead atoms. The fraction of sp³-hybridized carbons (Fsp3) is 0.188. The van der Waals surface area contributed by atoms with Crippen molar-refractivity contribution in [3.8, 4) is 0 Å². The minimum absolute atomic E-state index is 0.0312. The Hall–Kier alpha value is -3.29. The van der Waals surface area contributed by atoms with E-state index in [1.807, 2.05) is 6.92 Å². The van der Waals surface area contributed by atoms with Gasteiger partial charge >= 0.3 is 0 Å². The number of hydrogen-bond donors (Lipinski definition) is 1. The monoisotopic (exact) mass is 325 g/mol. The van der Waals surface area contributed by atoms with E-state index < -0.39 is 4.92 Å². The van der Waals surface area contributed by atoms with Crippen molar-refractivity contribution < 1.29 is 4.92 Å². The van der Waals surface area contributed by atoms with Gasteiger partial charge in [0, 0.05) is 48.7 Å². The lowest BCUT2D eigenvalue weighted by atomic mass is 10.1. The van der Waals surface area contributed by atoms with Crippen molar-refractivity contribution in [3.05, 3.63) is 69.0 Å². The van der Waals surface area contributed by atoms with E-state index in [9.17, 15) is 14.9 Å². The van der Waals surface area contributed by atoms with E-state index in [1.165, 1.54) is 22.8 Å². The molecule has 0 aliphatic rings. The second kappa shape index (κ2) is 6.07. The number of nitrogens with one attached hydrogen (secondary N) is 1. The van der Waals surface area contributed by atoms with Crippen LogP contribution in [0.5, 0.6) is 0 Å². The number of nitro groups is 1. The largest absolute Gasteiger partial charge is 0.376 e. The summed E-state index contributed by atoms with van der Waals surface area (Å²) in [6.45, 7) is 1.88. The minimum Gasteiger partial charge on any atom is -0.376 e. The van der Waals surface area contributed by atoms with Crippen LogP contribution in [0.2, 0.25) is 0 Å². The number of hydrogen-bond acceptors (Lipinski definition) is 6. The van der Waals surface area contributed by atoms with Crippen molar-refractivity contribution in [1.82, 2.24) is 14.5 Å². The predicted molar refractivity (Wildman–Crippen MR) is 89.9 cm³/mol. The van der Waals surface area contributed by atoms with Gasteiger partial charge in [0.1, 0.15) is 0 Å². The molecule has 2 aromatic heterocycles. The molecule has 2 heterocycles. The third-order valence-electron chi connectivity index (χ3n) is 3.84. The van der Waals surface area contributed by atoms with Crippen LogP contribution in [0.4, 0.5) is 11.4 Å². The molecule has 1 unspecified atom stereocenters. The molecule has 0 aliphatic carbocycles. The molecule has 8 heteroatoms. The third-order valence-corrected chi connectivity index (χ3v) is 3.84. The molecule has 3 aromatic rings. The summed E-state index contributed by atoms with van der Waals surface area (Å²) >= 11 is 0. The first-order valence-electron chi connectivity index (χ1n) is 7.28. The summed E-state index contributed by atoms with van der Waals surface area (Å²) in [5, 5.41) is 14.8. The lowest BCUT2D eigenvalue weighted by Gasteiger charge is -2.17. The van der Waals surface area contributed by atoms with Gasteiger partial charge in [-0.25, -0.2) is 0 Å². The number of nitro benzene ring substituents is 1. The predicted octanol–water partition coefficient (Wildman–Crippen LogP) is 2.41. The number of aromatic nitrogens is 3. The maximum absolute atomic E-state index is 12.2. The second-order valence-electron chi connectivity index (χ2n) is 5.41. The fourth-order valence-corrected chi connectivity index (χ4v) is 2.52. The van der Waals surface area contributed by atoms with E-state index in [4.69, 9.17) is 0 Å². The second-order valence-corrected chi connectivity index (χ2v) is 5.41. The quantitative estimate of drug-likeness (QED) is 0.583. The highest BCUT2D eigenvalue weighted by molar-refractivity contribution is 5.93. The van der Waals surface area contributed by atoms with Crippen LogP contribution in [0, 0.1) is 10.1 Å². The van der Waals surface area contributed by atoms with Gasteiger partial charge in [-0.1, -0.05) is 0 Å². The van der Waals surface area contributed by atoms with E-state index in [1.54, 1.807) is 31.7 Å². The summed E-state index contributed by atoms with van der Waals surface area (Å²) in [4.78, 5) is 31.0. The molecule has 1 atom stereocenters. The van der Waals surface area contributed by atoms with E-state index in [0.717, 1.165) is 0 Å². The molecule has 1 N–H and O–H groups in total. The Labute approximate surface area is 136 Å². The van der Waals surface area contributed by atoms with E-state index in [2.05, 4.69) is 15.3 Å². The lowest BCUT2D eigenvalue weighted by molar-refractivity contribution is -0.384.